The fraction of sp³-hybridized carbons (Fsp3) is 0.867. The molecule has 114 valence electrons. The quantitative estimate of drug-likeness (QED) is 0.779. The molecule has 5 heteroatoms. The summed E-state index contributed by atoms with van der Waals surface area (Å²) in [5.74, 6) is 1.27. The Hall–Kier alpha value is -0.680. The van der Waals surface area contributed by atoms with E-state index in [4.69, 9.17) is 22.7 Å². The molecule has 0 aromatic carbocycles. The summed E-state index contributed by atoms with van der Waals surface area (Å²) in [5, 5.41) is 3.22. The van der Waals surface area contributed by atoms with Gasteiger partial charge in [-0.15, -0.1) is 0 Å². The van der Waals surface area contributed by atoms with Gasteiger partial charge in [-0.2, -0.15) is 0 Å². The molecule has 20 heavy (non-hydrogen) atoms. The molecule has 0 radical (unpaired) electrons. The molecular formula is C15H26N2O2S. The van der Waals surface area contributed by atoms with Crippen LogP contribution in [-0.2, 0) is 9.53 Å². The molecule has 2 fully saturated rings. The first kappa shape index (κ1) is 15.7. The molecule has 0 bridgehead atoms. The Morgan fingerprint density at radius 2 is 2.05 bits per heavy atom. The molecule has 2 rings (SSSR count). The van der Waals surface area contributed by atoms with Crippen molar-refractivity contribution in [1.29, 1.82) is 0 Å². The zero-order chi connectivity index (χ0) is 14.8. The molecule has 1 saturated heterocycles. The lowest BCUT2D eigenvalue weighted by Gasteiger charge is -2.36. The highest BCUT2D eigenvalue weighted by molar-refractivity contribution is 7.80. The molecule has 3 N–H and O–H groups in total. The van der Waals surface area contributed by atoms with Gasteiger partial charge in [-0.25, -0.2) is 0 Å². The number of carbonyl (C=O) groups is 1. The minimum Gasteiger partial charge on any atom is -0.392 e. The van der Waals surface area contributed by atoms with Gasteiger partial charge in [0.25, 0.3) is 0 Å². The number of carbonyl (C=O) groups excluding carboxylic acids is 1. The van der Waals surface area contributed by atoms with Crippen molar-refractivity contribution in [3.05, 3.63) is 0 Å². The predicted molar refractivity (Wildman–Crippen MR) is 83.4 cm³/mol. The lowest BCUT2D eigenvalue weighted by Crippen LogP contribution is -2.54. The van der Waals surface area contributed by atoms with Crippen molar-refractivity contribution < 1.29 is 9.53 Å². The molecule has 0 aromatic rings. The van der Waals surface area contributed by atoms with Crippen LogP contribution >= 0.6 is 12.2 Å². The summed E-state index contributed by atoms with van der Waals surface area (Å²) in [6.07, 6.45) is 4.65. The fourth-order valence-corrected chi connectivity index (χ4v) is 3.94. The Bertz CT molecular complexity index is 380. The van der Waals surface area contributed by atoms with Gasteiger partial charge in [0.15, 0.2) is 0 Å². The van der Waals surface area contributed by atoms with Crippen molar-refractivity contribution in [2.45, 2.75) is 52.0 Å². The van der Waals surface area contributed by atoms with Gasteiger partial charge in [-0.1, -0.05) is 32.5 Å². The number of thiocarbonyl (C=S) groups is 1. The van der Waals surface area contributed by atoms with Crippen molar-refractivity contribution in [1.82, 2.24) is 5.32 Å². The Morgan fingerprint density at radius 1 is 1.40 bits per heavy atom. The van der Waals surface area contributed by atoms with Crippen LogP contribution in [0.3, 0.4) is 0 Å². The number of amides is 1. The van der Waals surface area contributed by atoms with Gasteiger partial charge >= 0.3 is 0 Å². The molecule has 1 heterocycles. The fourth-order valence-electron chi connectivity index (χ4n) is 3.64. The minimum absolute atomic E-state index is 0.0157. The van der Waals surface area contributed by atoms with Gasteiger partial charge < -0.3 is 15.8 Å². The van der Waals surface area contributed by atoms with Crippen molar-refractivity contribution in [2.24, 2.45) is 23.0 Å². The monoisotopic (exact) mass is 298 g/mol. The van der Waals surface area contributed by atoms with Gasteiger partial charge in [-0.3, -0.25) is 4.79 Å². The number of ether oxygens (including phenoxy) is 1. The molecule has 1 aliphatic carbocycles. The highest BCUT2D eigenvalue weighted by Gasteiger charge is 2.45. The first-order valence-electron chi connectivity index (χ1n) is 7.70. The molecular weight excluding hydrogens is 272 g/mol. The Kier molecular flexibility index (Phi) is 5.02. The maximum absolute atomic E-state index is 12.7. The zero-order valence-electron chi connectivity index (χ0n) is 12.5. The largest absolute Gasteiger partial charge is 0.392 e. The van der Waals surface area contributed by atoms with E-state index in [1.807, 2.05) is 0 Å². The Balaban J connectivity index is 2.04. The van der Waals surface area contributed by atoms with E-state index in [9.17, 15) is 4.79 Å². The number of nitrogens with two attached hydrogens (primary N) is 1. The standard InChI is InChI=1S/C15H26N2O2S/c1-3-11-4-5-12(10(11)2)17-14(18)15(13(16)20)6-8-19-9-7-15/h10-12H,3-9H2,1-2H3,(H2,16,20)(H,17,18). The molecule has 3 atom stereocenters. The summed E-state index contributed by atoms with van der Waals surface area (Å²) in [4.78, 5) is 13.0. The normalized spacial score (nSPS) is 32.8. The summed E-state index contributed by atoms with van der Waals surface area (Å²) in [6.45, 7) is 5.58. The van der Waals surface area contributed by atoms with Crippen LogP contribution in [-0.4, -0.2) is 30.2 Å². The lowest BCUT2D eigenvalue weighted by molar-refractivity contribution is -0.132. The first-order chi connectivity index (χ1) is 9.51. The van der Waals surface area contributed by atoms with Crippen molar-refractivity contribution in [2.75, 3.05) is 13.2 Å². The maximum atomic E-state index is 12.7. The van der Waals surface area contributed by atoms with E-state index in [0.717, 1.165) is 12.3 Å². The summed E-state index contributed by atoms with van der Waals surface area (Å²) in [5.41, 5.74) is 5.18. The van der Waals surface area contributed by atoms with Crippen LogP contribution in [0.25, 0.3) is 0 Å². The van der Waals surface area contributed by atoms with E-state index < -0.39 is 5.41 Å². The Morgan fingerprint density at radius 3 is 2.55 bits per heavy atom. The molecule has 2 aliphatic rings. The number of nitrogens with one attached hydrogen (secondary N) is 1. The smallest absolute Gasteiger partial charge is 0.233 e. The average molecular weight is 298 g/mol. The third-order valence-corrected chi connectivity index (χ3v) is 5.71. The van der Waals surface area contributed by atoms with E-state index >= 15 is 0 Å². The molecule has 1 aliphatic heterocycles. The van der Waals surface area contributed by atoms with Gasteiger partial charge in [0, 0.05) is 19.3 Å². The van der Waals surface area contributed by atoms with Crippen LogP contribution in [0.15, 0.2) is 0 Å². The second-order valence-corrected chi connectivity index (χ2v) is 6.68. The molecule has 1 amide bonds. The number of hydrogen-bond acceptors (Lipinski definition) is 3. The number of rotatable bonds is 4. The highest BCUT2D eigenvalue weighted by Crippen LogP contribution is 2.36. The lowest BCUT2D eigenvalue weighted by atomic mass is 9.78. The van der Waals surface area contributed by atoms with E-state index in [1.54, 1.807) is 0 Å². The molecule has 0 aromatic heterocycles. The second kappa shape index (κ2) is 6.39. The number of hydrogen-bond donors (Lipinski definition) is 2. The van der Waals surface area contributed by atoms with Gasteiger partial charge in [0.2, 0.25) is 5.91 Å². The van der Waals surface area contributed by atoms with E-state index in [0.29, 0.717) is 37.0 Å². The highest BCUT2D eigenvalue weighted by atomic mass is 32.1. The maximum Gasteiger partial charge on any atom is 0.233 e. The Labute approximate surface area is 126 Å². The van der Waals surface area contributed by atoms with Crippen LogP contribution in [0.2, 0.25) is 0 Å². The van der Waals surface area contributed by atoms with Crippen molar-refractivity contribution >= 4 is 23.1 Å². The third kappa shape index (κ3) is 2.84. The summed E-state index contributed by atoms with van der Waals surface area (Å²) >= 11 is 5.18. The van der Waals surface area contributed by atoms with Gasteiger partial charge in [-0.05, 0) is 37.5 Å². The van der Waals surface area contributed by atoms with E-state index in [1.165, 1.54) is 12.8 Å². The summed E-state index contributed by atoms with van der Waals surface area (Å²) < 4.78 is 5.36. The minimum atomic E-state index is -0.697. The van der Waals surface area contributed by atoms with Crippen molar-refractivity contribution in [3.8, 4) is 0 Å². The van der Waals surface area contributed by atoms with Crippen LogP contribution in [0.4, 0.5) is 0 Å². The van der Waals surface area contributed by atoms with Crippen molar-refractivity contribution in [3.63, 3.8) is 0 Å². The first-order valence-corrected chi connectivity index (χ1v) is 8.10. The van der Waals surface area contributed by atoms with Gasteiger partial charge in [0.1, 0.15) is 5.41 Å². The van der Waals surface area contributed by atoms with Gasteiger partial charge in [0.05, 0.1) is 4.99 Å². The molecule has 0 spiro atoms. The second-order valence-electron chi connectivity index (χ2n) is 6.24. The summed E-state index contributed by atoms with van der Waals surface area (Å²) in [7, 11) is 0. The van der Waals surface area contributed by atoms with E-state index in [2.05, 4.69) is 19.2 Å². The molecule has 1 saturated carbocycles. The topological polar surface area (TPSA) is 64.4 Å². The predicted octanol–water partition coefficient (Wildman–Crippen LogP) is 2.01. The molecule has 4 nitrogen and oxygen atoms in total. The van der Waals surface area contributed by atoms with Crippen LogP contribution < -0.4 is 11.1 Å². The molecule has 3 unspecified atom stereocenters. The SMILES string of the molecule is CCC1CCC(NC(=O)C2(C(N)=S)CCOCC2)C1C. The average Bonchev–Trinajstić information content (AvgIpc) is 2.80. The van der Waals surface area contributed by atoms with Crippen LogP contribution in [0.1, 0.15) is 46.0 Å². The third-order valence-electron chi connectivity index (χ3n) is 5.32. The zero-order valence-corrected chi connectivity index (χ0v) is 13.3. The van der Waals surface area contributed by atoms with Crippen LogP contribution in [0, 0.1) is 17.3 Å². The van der Waals surface area contributed by atoms with Crippen LogP contribution in [0.5, 0.6) is 0 Å². The summed E-state index contributed by atoms with van der Waals surface area (Å²) in [6, 6.07) is 0.265. The van der Waals surface area contributed by atoms with E-state index in [-0.39, 0.29) is 11.9 Å².